The van der Waals surface area contributed by atoms with Crippen LogP contribution in [0, 0.1) is 6.58 Å². The summed E-state index contributed by atoms with van der Waals surface area (Å²) < 4.78 is 4.89. The molecule has 0 saturated carbocycles. The maximum atomic E-state index is 5.06. The van der Waals surface area contributed by atoms with Crippen molar-refractivity contribution in [3.05, 3.63) is 37.1 Å². The molecule has 0 aromatic heterocycles. The van der Waals surface area contributed by atoms with Gasteiger partial charge in [-0.1, -0.05) is 0 Å². The zero-order valence-electron chi connectivity index (χ0n) is 6.58. The second-order valence-electron chi connectivity index (χ2n) is 1.36. The fraction of sp³-hybridized carbons (Fsp3) is 0.250. The summed E-state index contributed by atoms with van der Waals surface area (Å²) in [7, 11) is 0. The first-order valence-corrected chi connectivity index (χ1v) is 2.90. The van der Waals surface area contributed by atoms with Crippen molar-refractivity contribution in [2.24, 2.45) is 0 Å². The van der Waals surface area contributed by atoms with E-state index >= 15 is 0 Å². The normalized spacial score (nSPS) is 9.70. The van der Waals surface area contributed by atoms with E-state index in [4.69, 9.17) is 11.3 Å². The molecule has 0 heterocycles. The molecule has 0 aromatic carbocycles. The van der Waals surface area contributed by atoms with Crippen LogP contribution in [0.4, 0.5) is 0 Å². The Kier molecular flexibility index (Phi) is 14.1. The zero-order valence-corrected chi connectivity index (χ0v) is 6.58. The van der Waals surface area contributed by atoms with Gasteiger partial charge in [0.1, 0.15) is 0 Å². The fourth-order valence-electron chi connectivity index (χ4n) is 0.325. The van der Waals surface area contributed by atoms with Crippen molar-refractivity contribution in [1.29, 1.82) is 0 Å². The summed E-state index contributed by atoms with van der Waals surface area (Å²) in [6, 6.07) is 0. The van der Waals surface area contributed by atoms with Crippen molar-refractivity contribution >= 4 is 0 Å². The van der Waals surface area contributed by atoms with Gasteiger partial charge in [0.05, 0.1) is 12.9 Å². The van der Waals surface area contributed by atoms with Crippen molar-refractivity contribution < 1.29 is 23.6 Å². The summed E-state index contributed by atoms with van der Waals surface area (Å²) in [5, 5.41) is 0. The van der Waals surface area contributed by atoms with Gasteiger partial charge in [0, 0.05) is 0 Å². The molecule has 0 spiro atoms. The van der Waals surface area contributed by atoms with Gasteiger partial charge in [-0.05, 0) is 13.0 Å². The molecule has 0 aliphatic heterocycles. The molecule has 50 valence electrons. The Hall–Kier alpha value is -0.383. The van der Waals surface area contributed by atoms with Crippen LogP contribution in [-0.2, 0) is 4.74 Å². The molecule has 2 heteroatoms. The largest absolute Gasteiger partial charge is 1.00 e. The van der Waals surface area contributed by atoms with Crippen molar-refractivity contribution in [3.63, 3.8) is 0 Å². The first-order valence-electron chi connectivity index (χ1n) is 2.90. The van der Waals surface area contributed by atoms with Gasteiger partial charge >= 0.3 is 18.9 Å². The third-order valence-corrected chi connectivity index (χ3v) is 0.675. The summed E-state index contributed by atoms with van der Waals surface area (Å²) >= 11 is 0. The fourth-order valence-corrected chi connectivity index (χ4v) is 0.325. The molecule has 1 nitrogen and oxygen atoms in total. The predicted molar refractivity (Wildman–Crippen MR) is 38.8 cm³/mol. The van der Waals surface area contributed by atoms with Crippen LogP contribution >= 0.6 is 0 Å². The SMILES string of the molecule is [CH-]=C/C=C/C=C/OCC.[Li+]. The van der Waals surface area contributed by atoms with Gasteiger partial charge in [-0.3, -0.25) is 6.58 Å². The van der Waals surface area contributed by atoms with Gasteiger partial charge in [0.15, 0.2) is 0 Å². The summed E-state index contributed by atoms with van der Waals surface area (Å²) in [6.07, 6.45) is 8.41. The van der Waals surface area contributed by atoms with E-state index in [0.717, 1.165) is 0 Å². The van der Waals surface area contributed by atoms with Crippen LogP contribution in [0.5, 0.6) is 0 Å². The standard InChI is InChI=1S/C8H11O.Li/c1-3-5-6-7-8-9-4-2;/h1,3,5-8H,4H2,2H3;/q-1;+1/b6-5+,8-7+;. The summed E-state index contributed by atoms with van der Waals surface area (Å²) in [5.74, 6) is 0. The average Bonchev–Trinajstić information content (AvgIpc) is 1.89. The minimum Gasteiger partial charge on any atom is -0.502 e. The smallest absolute Gasteiger partial charge is 0.502 e. The van der Waals surface area contributed by atoms with E-state index in [1.54, 1.807) is 24.5 Å². The number of hydrogen-bond donors (Lipinski definition) is 0. The molecular weight excluding hydrogens is 119 g/mol. The third kappa shape index (κ3) is 10.6. The van der Waals surface area contributed by atoms with Gasteiger partial charge in [0.25, 0.3) is 0 Å². The Balaban J connectivity index is 0. The summed E-state index contributed by atoms with van der Waals surface area (Å²) in [5.41, 5.74) is 0. The van der Waals surface area contributed by atoms with E-state index in [1.165, 1.54) is 6.08 Å². The Bertz CT molecular complexity index is 116. The van der Waals surface area contributed by atoms with Gasteiger partial charge in [-0.15, -0.1) is 6.08 Å². The molecule has 0 bridgehead atoms. The predicted octanol–water partition coefficient (Wildman–Crippen LogP) is -0.914. The van der Waals surface area contributed by atoms with Crippen LogP contribution < -0.4 is 18.9 Å². The Morgan fingerprint density at radius 1 is 1.30 bits per heavy atom. The van der Waals surface area contributed by atoms with Crippen molar-refractivity contribution in [3.8, 4) is 0 Å². The molecule has 0 aromatic rings. The topological polar surface area (TPSA) is 9.23 Å². The number of hydrogen-bond acceptors (Lipinski definition) is 1. The maximum absolute atomic E-state index is 5.06. The summed E-state index contributed by atoms with van der Waals surface area (Å²) in [6.45, 7) is 7.70. The maximum Gasteiger partial charge on any atom is 1.00 e. The van der Waals surface area contributed by atoms with E-state index < -0.39 is 0 Å². The van der Waals surface area contributed by atoms with Gasteiger partial charge in [-0.2, -0.15) is 0 Å². The van der Waals surface area contributed by atoms with Crippen molar-refractivity contribution in [2.45, 2.75) is 6.92 Å². The monoisotopic (exact) mass is 130 g/mol. The first-order chi connectivity index (χ1) is 4.41. The van der Waals surface area contributed by atoms with Crippen LogP contribution in [-0.4, -0.2) is 6.61 Å². The molecule has 0 rings (SSSR count). The van der Waals surface area contributed by atoms with Crippen LogP contribution in [0.25, 0.3) is 0 Å². The van der Waals surface area contributed by atoms with E-state index in [9.17, 15) is 0 Å². The molecular formula is C8H11LiO. The number of rotatable bonds is 4. The van der Waals surface area contributed by atoms with E-state index in [2.05, 4.69) is 0 Å². The minimum atomic E-state index is 0. The minimum absolute atomic E-state index is 0. The van der Waals surface area contributed by atoms with Crippen LogP contribution in [0.15, 0.2) is 30.6 Å². The van der Waals surface area contributed by atoms with E-state index in [-0.39, 0.29) is 18.9 Å². The van der Waals surface area contributed by atoms with E-state index in [0.29, 0.717) is 6.61 Å². The van der Waals surface area contributed by atoms with Crippen LogP contribution in [0.3, 0.4) is 0 Å². The Morgan fingerprint density at radius 3 is 2.50 bits per heavy atom. The van der Waals surface area contributed by atoms with Gasteiger partial charge < -0.3 is 4.74 Å². The molecule has 0 atom stereocenters. The molecule has 0 amide bonds. The molecule has 0 radical (unpaired) electrons. The number of allylic oxidation sites excluding steroid dienone is 4. The van der Waals surface area contributed by atoms with E-state index in [1.807, 2.05) is 6.92 Å². The first kappa shape index (κ1) is 12.3. The second-order valence-corrected chi connectivity index (χ2v) is 1.36. The van der Waals surface area contributed by atoms with Crippen LogP contribution in [0.1, 0.15) is 6.92 Å². The molecule has 0 aliphatic rings. The molecule has 10 heavy (non-hydrogen) atoms. The third-order valence-electron chi connectivity index (χ3n) is 0.675. The van der Waals surface area contributed by atoms with Crippen molar-refractivity contribution in [1.82, 2.24) is 0 Å². The molecule has 0 aliphatic carbocycles. The van der Waals surface area contributed by atoms with Gasteiger partial charge in [-0.25, -0.2) is 12.2 Å². The molecule has 0 unspecified atom stereocenters. The quantitative estimate of drug-likeness (QED) is 0.207. The Labute approximate surface area is 74.6 Å². The average molecular weight is 130 g/mol. The second kappa shape index (κ2) is 11.4. The van der Waals surface area contributed by atoms with Gasteiger partial charge in [0.2, 0.25) is 0 Å². The number of ether oxygens (including phenoxy) is 1. The summed E-state index contributed by atoms with van der Waals surface area (Å²) in [4.78, 5) is 0. The zero-order chi connectivity index (χ0) is 6.95. The van der Waals surface area contributed by atoms with Crippen LogP contribution in [0.2, 0.25) is 0 Å². The molecule has 0 N–H and O–H groups in total. The van der Waals surface area contributed by atoms with Crippen molar-refractivity contribution in [2.75, 3.05) is 6.61 Å². The molecule has 0 saturated heterocycles. The Morgan fingerprint density at radius 2 is 2.00 bits per heavy atom. The molecule has 0 fully saturated rings.